The molecule has 0 amide bonds. The van der Waals surface area contributed by atoms with Crippen LogP contribution in [0, 0.1) is 0 Å². The second kappa shape index (κ2) is 9.03. The highest BCUT2D eigenvalue weighted by atomic mass is 127. The molecule has 2 heterocycles. The van der Waals surface area contributed by atoms with Crippen LogP contribution >= 0.6 is 35.3 Å². The molecule has 0 spiro atoms. The lowest BCUT2D eigenvalue weighted by molar-refractivity contribution is 0.672. The molecule has 22 heavy (non-hydrogen) atoms. The molecule has 0 aliphatic carbocycles. The SMILES string of the molecule is CN=C(NCc1csc(C(C)C)n1)NCc1ncnn1C.I. The van der Waals surface area contributed by atoms with E-state index in [9.17, 15) is 0 Å². The lowest BCUT2D eigenvalue weighted by atomic mass is 10.2. The van der Waals surface area contributed by atoms with E-state index in [1.54, 1.807) is 23.1 Å². The Labute approximate surface area is 151 Å². The number of nitrogens with zero attached hydrogens (tertiary/aromatic N) is 5. The molecule has 0 radical (unpaired) electrons. The van der Waals surface area contributed by atoms with Crippen LogP contribution in [0.5, 0.6) is 0 Å². The standard InChI is InChI=1S/C13H21N7S.HI/c1-9(2)12-19-10(7-21-12)5-15-13(14-3)16-6-11-17-8-18-20(11)4;/h7-9H,5-6H2,1-4H3,(H2,14,15,16);1H. The van der Waals surface area contributed by atoms with Gasteiger partial charge in [-0.05, 0) is 0 Å². The summed E-state index contributed by atoms with van der Waals surface area (Å²) in [7, 11) is 3.61. The van der Waals surface area contributed by atoms with E-state index in [1.165, 1.54) is 6.33 Å². The number of aryl methyl sites for hydroxylation is 1. The summed E-state index contributed by atoms with van der Waals surface area (Å²) in [4.78, 5) is 12.9. The minimum atomic E-state index is 0. The molecule has 2 aromatic heterocycles. The molecule has 2 N–H and O–H groups in total. The van der Waals surface area contributed by atoms with E-state index in [0.717, 1.165) is 22.5 Å². The molecule has 0 saturated heterocycles. The maximum absolute atomic E-state index is 4.59. The minimum Gasteiger partial charge on any atom is -0.351 e. The first-order valence-corrected chi connectivity index (χ1v) is 7.69. The van der Waals surface area contributed by atoms with Crippen molar-refractivity contribution in [3.05, 3.63) is 28.2 Å². The molecule has 0 fully saturated rings. The number of hydrogen-bond acceptors (Lipinski definition) is 5. The van der Waals surface area contributed by atoms with E-state index in [4.69, 9.17) is 0 Å². The molecular weight excluding hydrogens is 413 g/mol. The van der Waals surface area contributed by atoms with Crippen molar-refractivity contribution in [2.45, 2.75) is 32.9 Å². The highest BCUT2D eigenvalue weighted by molar-refractivity contribution is 14.0. The van der Waals surface area contributed by atoms with Crippen LogP contribution in [-0.4, -0.2) is 32.8 Å². The Kier molecular flexibility index (Phi) is 7.73. The summed E-state index contributed by atoms with van der Waals surface area (Å²) in [5, 5.41) is 13.7. The summed E-state index contributed by atoms with van der Waals surface area (Å²) in [6.45, 7) is 5.53. The Bertz CT molecular complexity index is 605. The average molecular weight is 435 g/mol. The molecule has 0 atom stereocenters. The number of halogens is 1. The quantitative estimate of drug-likeness (QED) is 0.426. The lowest BCUT2D eigenvalue weighted by Crippen LogP contribution is -2.37. The summed E-state index contributed by atoms with van der Waals surface area (Å²) in [5.74, 6) is 2.04. The Balaban J connectivity index is 0.00000242. The Morgan fingerprint density at radius 3 is 2.64 bits per heavy atom. The number of guanidine groups is 1. The van der Waals surface area contributed by atoms with Crippen LogP contribution in [0.3, 0.4) is 0 Å². The van der Waals surface area contributed by atoms with Crippen molar-refractivity contribution >= 4 is 41.3 Å². The van der Waals surface area contributed by atoms with E-state index in [1.807, 2.05) is 7.05 Å². The largest absolute Gasteiger partial charge is 0.351 e. The summed E-state index contributed by atoms with van der Waals surface area (Å²) >= 11 is 1.70. The topological polar surface area (TPSA) is 80.0 Å². The molecule has 7 nitrogen and oxygen atoms in total. The van der Waals surface area contributed by atoms with Gasteiger partial charge >= 0.3 is 0 Å². The van der Waals surface area contributed by atoms with Gasteiger partial charge in [0.15, 0.2) is 5.96 Å². The zero-order valence-electron chi connectivity index (χ0n) is 13.2. The second-order valence-corrected chi connectivity index (χ2v) is 5.80. The molecular formula is C13H22IN7S. The molecule has 0 bridgehead atoms. The predicted molar refractivity (Wildman–Crippen MR) is 99.7 cm³/mol. The average Bonchev–Trinajstić information content (AvgIpc) is 3.08. The number of aromatic nitrogens is 4. The number of rotatable bonds is 5. The van der Waals surface area contributed by atoms with Gasteiger partial charge in [0.1, 0.15) is 12.2 Å². The van der Waals surface area contributed by atoms with Gasteiger partial charge in [-0.25, -0.2) is 9.97 Å². The van der Waals surface area contributed by atoms with Gasteiger partial charge in [-0.1, -0.05) is 13.8 Å². The van der Waals surface area contributed by atoms with Crippen LogP contribution in [0.4, 0.5) is 0 Å². The molecule has 2 aromatic rings. The van der Waals surface area contributed by atoms with Crippen molar-refractivity contribution in [2.24, 2.45) is 12.0 Å². The first-order chi connectivity index (χ1) is 10.1. The molecule has 0 unspecified atom stereocenters. The summed E-state index contributed by atoms with van der Waals surface area (Å²) in [6.07, 6.45) is 1.54. The smallest absolute Gasteiger partial charge is 0.191 e. The van der Waals surface area contributed by atoms with Gasteiger partial charge in [0.05, 0.1) is 23.8 Å². The third kappa shape index (κ3) is 5.20. The van der Waals surface area contributed by atoms with Crippen molar-refractivity contribution < 1.29 is 0 Å². The van der Waals surface area contributed by atoms with Gasteiger partial charge < -0.3 is 10.6 Å². The summed E-state index contributed by atoms with van der Waals surface area (Å²) in [5.41, 5.74) is 1.03. The van der Waals surface area contributed by atoms with Crippen LogP contribution in [0.1, 0.15) is 36.3 Å². The van der Waals surface area contributed by atoms with Crippen molar-refractivity contribution in [3.8, 4) is 0 Å². The maximum atomic E-state index is 4.59. The third-order valence-electron chi connectivity index (χ3n) is 2.94. The van der Waals surface area contributed by atoms with Crippen LogP contribution in [0.25, 0.3) is 0 Å². The van der Waals surface area contributed by atoms with Gasteiger partial charge in [-0.3, -0.25) is 9.67 Å². The first-order valence-electron chi connectivity index (χ1n) is 6.81. The van der Waals surface area contributed by atoms with Gasteiger partial charge in [0.2, 0.25) is 0 Å². The van der Waals surface area contributed by atoms with E-state index < -0.39 is 0 Å². The van der Waals surface area contributed by atoms with Gasteiger partial charge in [0.25, 0.3) is 0 Å². The fraction of sp³-hybridized carbons (Fsp3) is 0.538. The summed E-state index contributed by atoms with van der Waals surface area (Å²) in [6, 6.07) is 0. The number of hydrogen-bond donors (Lipinski definition) is 2. The van der Waals surface area contributed by atoms with Gasteiger partial charge in [0, 0.05) is 25.4 Å². The van der Waals surface area contributed by atoms with Crippen LogP contribution in [0.2, 0.25) is 0 Å². The fourth-order valence-corrected chi connectivity index (χ4v) is 2.54. The zero-order valence-corrected chi connectivity index (χ0v) is 16.3. The number of thiazole rings is 1. The Morgan fingerprint density at radius 2 is 2.09 bits per heavy atom. The van der Waals surface area contributed by atoms with Crippen molar-refractivity contribution in [3.63, 3.8) is 0 Å². The van der Waals surface area contributed by atoms with Crippen molar-refractivity contribution in [1.29, 1.82) is 0 Å². The fourth-order valence-electron chi connectivity index (χ4n) is 1.71. The number of aliphatic imine (C=N–C) groups is 1. The minimum absolute atomic E-state index is 0. The Hall–Kier alpha value is -1.23. The summed E-state index contributed by atoms with van der Waals surface area (Å²) < 4.78 is 1.73. The van der Waals surface area contributed by atoms with E-state index in [-0.39, 0.29) is 24.0 Å². The molecule has 2 rings (SSSR count). The zero-order chi connectivity index (χ0) is 15.2. The maximum Gasteiger partial charge on any atom is 0.191 e. The van der Waals surface area contributed by atoms with Crippen LogP contribution in [-0.2, 0) is 20.1 Å². The molecule has 122 valence electrons. The second-order valence-electron chi connectivity index (χ2n) is 4.91. The van der Waals surface area contributed by atoms with Gasteiger partial charge in [-0.2, -0.15) is 5.10 Å². The molecule has 0 saturated carbocycles. The van der Waals surface area contributed by atoms with Gasteiger partial charge in [-0.15, -0.1) is 35.3 Å². The predicted octanol–water partition coefficient (Wildman–Crippen LogP) is 1.88. The van der Waals surface area contributed by atoms with E-state index >= 15 is 0 Å². The monoisotopic (exact) mass is 435 g/mol. The number of nitrogens with one attached hydrogen (secondary N) is 2. The van der Waals surface area contributed by atoms with Crippen LogP contribution in [0.15, 0.2) is 16.7 Å². The van der Waals surface area contributed by atoms with Crippen molar-refractivity contribution in [1.82, 2.24) is 30.4 Å². The first kappa shape index (κ1) is 18.8. The van der Waals surface area contributed by atoms with E-state index in [0.29, 0.717) is 19.0 Å². The molecule has 9 heteroatoms. The molecule has 0 aliphatic rings. The molecule has 0 aromatic carbocycles. The van der Waals surface area contributed by atoms with E-state index in [2.05, 4.69) is 49.9 Å². The highest BCUT2D eigenvalue weighted by Gasteiger charge is 2.07. The molecule has 0 aliphatic heterocycles. The third-order valence-corrected chi connectivity index (χ3v) is 4.14. The normalized spacial score (nSPS) is 11.4. The lowest BCUT2D eigenvalue weighted by Gasteiger charge is -2.10. The Morgan fingerprint density at radius 1 is 1.36 bits per heavy atom. The highest BCUT2D eigenvalue weighted by Crippen LogP contribution is 2.18. The van der Waals surface area contributed by atoms with Crippen molar-refractivity contribution in [2.75, 3.05) is 7.05 Å². The van der Waals surface area contributed by atoms with Crippen LogP contribution < -0.4 is 10.6 Å².